The van der Waals surface area contributed by atoms with Gasteiger partial charge in [0, 0.05) is 24.9 Å². The third kappa shape index (κ3) is 6.07. The minimum Gasteiger partial charge on any atom is -0.490 e. The molecule has 150 valence electrons. The number of hydrogen-bond acceptors (Lipinski definition) is 3. The highest BCUT2D eigenvalue weighted by atomic mass is 16.5. The summed E-state index contributed by atoms with van der Waals surface area (Å²) in [7, 11) is 0. The van der Waals surface area contributed by atoms with Crippen LogP contribution in [0.3, 0.4) is 0 Å². The van der Waals surface area contributed by atoms with Crippen LogP contribution in [-0.2, 0) is 9.59 Å². The minimum atomic E-state index is -0.192. The molecule has 1 aliphatic rings. The lowest BCUT2D eigenvalue weighted by Crippen LogP contribution is -2.43. The summed E-state index contributed by atoms with van der Waals surface area (Å²) in [5.74, 6) is 0.460. The van der Waals surface area contributed by atoms with Crippen molar-refractivity contribution < 1.29 is 14.3 Å². The van der Waals surface area contributed by atoms with E-state index in [9.17, 15) is 9.59 Å². The summed E-state index contributed by atoms with van der Waals surface area (Å²) in [6.07, 6.45) is 6.66. The maximum absolute atomic E-state index is 12.6. The van der Waals surface area contributed by atoms with Crippen molar-refractivity contribution in [3.05, 3.63) is 78.9 Å². The highest BCUT2D eigenvalue weighted by molar-refractivity contribution is 5.95. The normalized spacial score (nSPS) is 16.4. The Kier molecular flexibility index (Phi) is 7.22. The van der Waals surface area contributed by atoms with Crippen LogP contribution >= 0.6 is 0 Å². The SMILES string of the molecule is C=CCOc1ccc(/C=C/C(=O)N2CCCC(C(=O)Nc3ccccc3)C2)cc1. The second-order valence-electron chi connectivity index (χ2n) is 6.98. The van der Waals surface area contributed by atoms with Crippen LogP contribution in [0.25, 0.3) is 6.08 Å². The van der Waals surface area contributed by atoms with Gasteiger partial charge in [-0.1, -0.05) is 43.0 Å². The molecule has 0 bridgehead atoms. The van der Waals surface area contributed by atoms with Crippen LogP contribution < -0.4 is 10.1 Å². The second-order valence-corrected chi connectivity index (χ2v) is 6.98. The largest absolute Gasteiger partial charge is 0.490 e. The van der Waals surface area contributed by atoms with Gasteiger partial charge in [0.15, 0.2) is 0 Å². The van der Waals surface area contributed by atoms with Crippen LogP contribution in [0.4, 0.5) is 5.69 Å². The Morgan fingerprint density at radius 2 is 1.90 bits per heavy atom. The number of piperidine rings is 1. The molecule has 2 aromatic carbocycles. The third-order valence-electron chi connectivity index (χ3n) is 4.81. The fourth-order valence-electron chi connectivity index (χ4n) is 3.26. The number of likely N-dealkylation sites (tertiary alicyclic amines) is 1. The molecule has 0 saturated carbocycles. The van der Waals surface area contributed by atoms with Crippen LogP contribution in [0.2, 0.25) is 0 Å². The van der Waals surface area contributed by atoms with E-state index in [1.807, 2.05) is 54.6 Å². The monoisotopic (exact) mass is 390 g/mol. The van der Waals surface area contributed by atoms with Crippen LogP contribution in [0, 0.1) is 5.92 Å². The fourth-order valence-corrected chi connectivity index (χ4v) is 3.26. The molecule has 29 heavy (non-hydrogen) atoms. The molecule has 1 aliphatic heterocycles. The molecule has 5 nitrogen and oxygen atoms in total. The number of para-hydroxylation sites is 1. The number of nitrogens with one attached hydrogen (secondary N) is 1. The summed E-state index contributed by atoms with van der Waals surface area (Å²) in [5.41, 5.74) is 1.70. The fraction of sp³-hybridized carbons (Fsp3) is 0.250. The number of amides is 2. The van der Waals surface area contributed by atoms with E-state index in [0.717, 1.165) is 29.8 Å². The quantitative estimate of drug-likeness (QED) is 0.571. The van der Waals surface area contributed by atoms with E-state index in [2.05, 4.69) is 11.9 Å². The van der Waals surface area contributed by atoms with E-state index in [0.29, 0.717) is 19.7 Å². The highest BCUT2D eigenvalue weighted by Crippen LogP contribution is 2.20. The van der Waals surface area contributed by atoms with Crippen molar-refractivity contribution >= 4 is 23.6 Å². The summed E-state index contributed by atoms with van der Waals surface area (Å²) >= 11 is 0. The Morgan fingerprint density at radius 1 is 1.14 bits per heavy atom. The average Bonchev–Trinajstić information content (AvgIpc) is 2.77. The number of carbonyl (C=O) groups is 2. The van der Waals surface area contributed by atoms with Gasteiger partial charge in [-0.2, -0.15) is 0 Å². The molecule has 0 radical (unpaired) electrons. The minimum absolute atomic E-state index is 0.0345. The maximum Gasteiger partial charge on any atom is 0.246 e. The maximum atomic E-state index is 12.6. The van der Waals surface area contributed by atoms with Crippen molar-refractivity contribution in [2.45, 2.75) is 12.8 Å². The van der Waals surface area contributed by atoms with Crippen molar-refractivity contribution in [3.63, 3.8) is 0 Å². The molecule has 1 N–H and O–H groups in total. The van der Waals surface area contributed by atoms with Gasteiger partial charge in [0.05, 0.1) is 5.92 Å². The number of ether oxygens (including phenoxy) is 1. The number of rotatable bonds is 7. The Bertz CT molecular complexity index is 859. The number of anilines is 1. The first-order valence-electron chi connectivity index (χ1n) is 9.82. The van der Waals surface area contributed by atoms with E-state index in [4.69, 9.17) is 4.74 Å². The van der Waals surface area contributed by atoms with Crippen LogP contribution in [0.15, 0.2) is 73.3 Å². The van der Waals surface area contributed by atoms with Gasteiger partial charge in [0.2, 0.25) is 11.8 Å². The average molecular weight is 390 g/mol. The topological polar surface area (TPSA) is 58.6 Å². The smallest absolute Gasteiger partial charge is 0.246 e. The van der Waals surface area contributed by atoms with E-state index in [1.54, 1.807) is 23.1 Å². The standard InChI is InChI=1S/C24H26N2O3/c1-2-17-29-22-13-10-19(11-14-22)12-15-23(27)26-16-6-7-20(18-26)24(28)25-21-8-4-3-5-9-21/h2-5,8-15,20H,1,6-7,16-18H2,(H,25,28)/b15-12+. The van der Waals surface area contributed by atoms with Crippen molar-refractivity contribution in [1.29, 1.82) is 0 Å². The van der Waals surface area contributed by atoms with Crippen molar-refractivity contribution in [2.24, 2.45) is 5.92 Å². The zero-order valence-electron chi connectivity index (χ0n) is 16.4. The van der Waals surface area contributed by atoms with E-state index in [1.165, 1.54) is 0 Å². The van der Waals surface area contributed by atoms with Crippen molar-refractivity contribution in [3.8, 4) is 5.75 Å². The van der Waals surface area contributed by atoms with Gasteiger partial charge in [0.1, 0.15) is 12.4 Å². The molecule has 1 unspecified atom stereocenters. The number of carbonyl (C=O) groups excluding carboxylic acids is 2. The molecule has 5 heteroatoms. The van der Waals surface area contributed by atoms with Crippen molar-refractivity contribution in [1.82, 2.24) is 4.90 Å². The molecule has 1 heterocycles. The van der Waals surface area contributed by atoms with E-state index in [-0.39, 0.29) is 17.7 Å². The summed E-state index contributed by atoms with van der Waals surface area (Å²) in [6, 6.07) is 16.9. The molecular formula is C24H26N2O3. The number of hydrogen-bond donors (Lipinski definition) is 1. The lowest BCUT2D eigenvalue weighted by atomic mass is 9.97. The molecule has 2 amide bonds. The van der Waals surface area contributed by atoms with E-state index < -0.39 is 0 Å². The van der Waals surface area contributed by atoms with E-state index >= 15 is 0 Å². The second kappa shape index (κ2) is 10.3. The third-order valence-corrected chi connectivity index (χ3v) is 4.81. The molecule has 3 rings (SSSR count). The summed E-state index contributed by atoms with van der Waals surface area (Å²) in [6.45, 7) is 5.19. The Morgan fingerprint density at radius 3 is 2.62 bits per heavy atom. The summed E-state index contributed by atoms with van der Waals surface area (Å²) in [5, 5.41) is 2.94. The van der Waals surface area contributed by atoms with Gasteiger partial charge >= 0.3 is 0 Å². The molecule has 0 spiro atoms. The van der Waals surface area contributed by atoms with Gasteiger partial charge in [0.25, 0.3) is 0 Å². The molecule has 1 saturated heterocycles. The zero-order chi connectivity index (χ0) is 20.5. The van der Waals surface area contributed by atoms with Gasteiger partial charge < -0.3 is 15.0 Å². The molecule has 1 fully saturated rings. The van der Waals surface area contributed by atoms with Gasteiger partial charge in [-0.25, -0.2) is 0 Å². The molecule has 0 aromatic heterocycles. The number of benzene rings is 2. The predicted octanol–water partition coefficient (Wildman–Crippen LogP) is 4.14. The summed E-state index contributed by atoms with van der Waals surface area (Å²) in [4.78, 5) is 26.9. The first-order chi connectivity index (χ1) is 14.2. The van der Waals surface area contributed by atoms with Crippen LogP contribution in [0.1, 0.15) is 18.4 Å². The first-order valence-corrected chi connectivity index (χ1v) is 9.82. The van der Waals surface area contributed by atoms with Crippen LogP contribution in [-0.4, -0.2) is 36.4 Å². The predicted molar refractivity (Wildman–Crippen MR) is 116 cm³/mol. The number of nitrogens with zero attached hydrogens (tertiary/aromatic N) is 1. The Hall–Kier alpha value is -3.34. The van der Waals surface area contributed by atoms with Gasteiger partial charge in [-0.05, 0) is 48.7 Å². The Balaban J connectivity index is 1.54. The van der Waals surface area contributed by atoms with Gasteiger partial charge in [-0.15, -0.1) is 0 Å². The Labute approximate surface area is 171 Å². The molecule has 1 atom stereocenters. The van der Waals surface area contributed by atoms with Crippen molar-refractivity contribution in [2.75, 3.05) is 25.0 Å². The highest BCUT2D eigenvalue weighted by Gasteiger charge is 2.27. The lowest BCUT2D eigenvalue weighted by Gasteiger charge is -2.31. The van der Waals surface area contributed by atoms with Crippen LogP contribution in [0.5, 0.6) is 5.75 Å². The molecule has 2 aromatic rings. The van der Waals surface area contributed by atoms with Gasteiger partial charge in [-0.3, -0.25) is 9.59 Å². The first kappa shape index (κ1) is 20.4. The zero-order valence-corrected chi connectivity index (χ0v) is 16.4. The molecule has 0 aliphatic carbocycles. The summed E-state index contributed by atoms with van der Waals surface area (Å²) < 4.78 is 5.45. The lowest BCUT2D eigenvalue weighted by molar-refractivity contribution is -0.130. The molecular weight excluding hydrogens is 364 g/mol.